The Labute approximate surface area is 163 Å². The molecule has 138 valence electrons. The summed E-state index contributed by atoms with van der Waals surface area (Å²) in [4.78, 5) is 25.1. The Morgan fingerprint density at radius 3 is 2.58 bits per heavy atom. The van der Waals surface area contributed by atoms with E-state index in [2.05, 4.69) is 10.6 Å². The first-order valence-electron chi connectivity index (χ1n) is 8.32. The lowest BCUT2D eigenvalue weighted by Crippen LogP contribution is -3.08. The lowest BCUT2D eigenvalue weighted by Gasteiger charge is -2.15. The number of quaternary nitrogens is 1. The molecule has 26 heavy (non-hydrogen) atoms. The number of halogens is 2. The van der Waals surface area contributed by atoms with Crippen LogP contribution < -0.4 is 15.5 Å². The normalized spacial score (nSPS) is 11.7. The van der Waals surface area contributed by atoms with Gasteiger partial charge in [0.1, 0.15) is 6.54 Å². The maximum absolute atomic E-state index is 12.3. The second kappa shape index (κ2) is 9.57. The predicted octanol–water partition coefficient (Wildman–Crippen LogP) is 2.40. The van der Waals surface area contributed by atoms with E-state index in [0.717, 1.165) is 10.5 Å². The molecule has 1 atom stereocenters. The van der Waals surface area contributed by atoms with Gasteiger partial charge in [-0.05, 0) is 37.3 Å². The summed E-state index contributed by atoms with van der Waals surface area (Å²) >= 11 is 12.1. The standard InChI is InChI=1S/C19H21Cl2N3O2/c1-3-22-19(26)13-5-4-6-16(9-13)23-18(25)12-24(2)11-14-7-8-15(20)10-17(14)21/h4-10H,3,11-12H2,1-2H3,(H,22,26)(H,23,25)/p+1. The van der Waals surface area contributed by atoms with E-state index < -0.39 is 0 Å². The molecule has 7 heteroatoms. The maximum atomic E-state index is 12.3. The van der Waals surface area contributed by atoms with Crippen molar-refractivity contribution < 1.29 is 14.5 Å². The highest BCUT2D eigenvalue weighted by Crippen LogP contribution is 2.20. The van der Waals surface area contributed by atoms with E-state index >= 15 is 0 Å². The number of carbonyl (C=O) groups is 2. The van der Waals surface area contributed by atoms with Crippen molar-refractivity contribution in [1.29, 1.82) is 0 Å². The zero-order valence-electron chi connectivity index (χ0n) is 14.7. The summed E-state index contributed by atoms with van der Waals surface area (Å²) in [5.41, 5.74) is 2.04. The summed E-state index contributed by atoms with van der Waals surface area (Å²) in [5, 5.41) is 6.73. The zero-order chi connectivity index (χ0) is 19.1. The van der Waals surface area contributed by atoms with Crippen LogP contribution in [0.2, 0.25) is 10.0 Å². The van der Waals surface area contributed by atoms with Crippen LogP contribution in [-0.4, -0.2) is 32.0 Å². The Balaban J connectivity index is 1.93. The topological polar surface area (TPSA) is 62.6 Å². The average Bonchev–Trinajstić information content (AvgIpc) is 2.57. The van der Waals surface area contributed by atoms with Crippen LogP contribution in [0.25, 0.3) is 0 Å². The van der Waals surface area contributed by atoms with Crippen molar-refractivity contribution in [2.24, 2.45) is 0 Å². The Bertz CT molecular complexity index is 796. The van der Waals surface area contributed by atoms with Crippen molar-refractivity contribution in [2.75, 3.05) is 25.5 Å². The molecule has 3 N–H and O–H groups in total. The summed E-state index contributed by atoms with van der Waals surface area (Å²) < 4.78 is 0. The largest absolute Gasteiger partial charge is 0.352 e. The van der Waals surface area contributed by atoms with E-state index in [1.807, 2.05) is 20.0 Å². The number of likely N-dealkylation sites (N-methyl/N-ethyl adjacent to an activating group) is 1. The van der Waals surface area contributed by atoms with Gasteiger partial charge in [-0.25, -0.2) is 0 Å². The van der Waals surface area contributed by atoms with Gasteiger partial charge in [-0.3, -0.25) is 9.59 Å². The molecule has 0 bridgehead atoms. The fourth-order valence-electron chi connectivity index (χ4n) is 2.53. The highest BCUT2D eigenvalue weighted by molar-refractivity contribution is 6.35. The van der Waals surface area contributed by atoms with Crippen molar-refractivity contribution in [2.45, 2.75) is 13.5 Å². The van der Waals surface area contributed by atoms with Crippen LogP contribution in [-0.2, 0) is 11.3 Å². The van der Waals surface area contributed by atoms with Gasteiger partial charge in [0, 0.05) is 28.4 Å². The van der Waals surface area contributed by atoms with Gasteiger partial charge in [-0.2, -0.15) is 0 Å². The fourth-order valence-corrected chi connectivity index (χ4v) is 3.01. The van der Waals surface area contributed by atoms with Crippen LogP contribution in [0.5, 0.6) is 0 Å². The molecule has 2 amide bonds. The minimum absolute atomic E-state index is 0.138. The summed E-state index contributed by atoms with van der Waals surface area (Å²) in [6.07, 6.45) is 0. The molecule has 0 aliphatic carbocycles. The Morgan fingerprint density at radius 1 is 1.12 bits per heavy atom. The van der Waals surface area contributed by atoms with Crippen molar-refractivity contribution in [3.05, 3.63) is 63.6 Å². The molecule has 0 fully saturated rings. The highest BCUT2D eigenvalue weighted by Gasteiger charge is 2.13. The van der Waals surface area contributed by atoms with E-state index in [0.29, 0.717) is 34.4 Å². The van der Waals surface area contributed by atoms with Crippen molar-refractivity contribution in [3.8, 4) is 0 Å². The second-order valence-electron chi connectivity index (χ2n) is 6.03. The number of carbonyl (C=O) groups excluding carboxylic acids is 2. The van der Waals surface area contributed by atoms with Crippen LogP contribution in [0, 0.1) is 0 Å². The SMILES string of the molecule is CCNC(=O)c1cccc(NC(=O)C[NH+](C)Cc2ccc(Cl)cc2Cl)c1. The molecule has 0 radical (unpaired) electrons. The fraction of sp³-hybridized carbons (Fsp3) is 0.263. The molecule has 5 nitrogen and oxygen atoms in total. The van der Waals surface area contributed by atoms with Gasteiger partial charge in [0.05, 0.1) is 12.1 Å². The van der Waals surface area contributed by atoms with Gasteiger partial charge in [-0.15, -0.1) is 0 Å². The Morgan fingerprint density at radius 2 is 1.88 bits per heavy atom. The van der Waals surface area contributed by atoms with Gasteiger partial charge < -0.3 is 15.5 Å². The first-order valence-corrected chi connectivity index (χ1v) is 9.08. The molecular formula is C19H22Cl2N3O2+. The smallest absolute Gasteiger partial charge is 0.279 e. The monoisotopic (exact) mass is 394 g/mol. The minimum atomic E-state index is -0.163. The molecule has 2 aromatic rings. The van der Waals surface area contributed by atoms with Gasteiger partial charge in [0.2, 0.25) is 0 Å². The molecule has 0 aliphatic heterocycles. The number of hydrogen-bond donors (Lipinski definition) is 3. The minimum Gasteiger partial charge on any atom is -0.352 e. The van der Waals surface area contributed by atoms with Gasteiger partial charge in [0.15, 0.2) is 6.54 Å². The number of nitrogens with one attached hydrogen (secondary N) is 3. The Kier molecular flexibility index (Phi) is 7.45. The zero-order valence-corrected chi connectivity index (χ0v) is 16.2. The van der Waals surface area contributed by atoms with Crippen LogP contribution in [0.1, 0.15) is 22.8 Å². The van der Waals surface area contributed by atoms with E-state index in [1.165, 1.54) is 0 Å². The average molecular weight is 395 g/mol. The van der Waals surface area contributed by atoms with E-state index in [9.17, 15) is 9.59 Å². The third kappa shape index (κ3) is 6.02. The van der Waals surface area contributed by atoms with Crippen molar-refractivity contribution in [1.82, 2.24) is 5.32 Å². The third-order valence-corrected chi connectivity index (χ3v) is 4.30. The lowest BCUT2D eigenvalue weighted by atomic mass is 10.2. The molecule has 0 aliphatic rings. The first-order chi connectivity index (χ1) is 12.4. The van der Waals surface area contributed by atoms with E-state index in [4.69, 9.17) is 23.2 Å². The number of benzene rings is 2. The summed E-state index contributed by atoms with van der Waals surface area (Å²) in [6, 6.07) is 12.2. The summed E-state index contributed by atoms with van der Waals surface area (Å²) in [7, 11) is 1.91. The molecule has 0 spiro atoms. The molecule has 0 aromatic heterocycles. The number of anilines is 1. The molecule has 1 unspecified atom stereocenters. The third-order valence-electron chi connectivity index (χ3n) is 3.72. The molecule has 2 rings (SSSR count). The number of rotatable bonds is 7. The van der Waals surface area contributed by atoms with Gasteiger partial charge in [-0.1, -0.05) is 35.3 Å². The molecule has 0 saturated carbocycles. The van der Waals surface area contributed by atoms with Crippen molar-refractivity contribution in [3.63, 3.8) is 0 Å². The van der Waals surface area contributed by atoms with Crippen LogP contribution >= 0.6 is 23.2 Å². The summed E-state index contributed by atoms with van der Waals surface area (Å²) in [6.45, 7) is 3.28. The molecule has 0 saturated heterocycles. The lowest BCUT2D eigenvalue weighted by molar-refractivity contribution is -0.885. The van der Waals surface area contributed by atoms with Gasteiger partial charge in [0.25, 0.3) is 11.8 Å². The quantitative estimate of drug-likeness (QED) is 0.674. The van der Waals surface area contributed by atoms with Crippen LogP contribution in [0.15, 0.2) is 42.5 Å². The van der Waals surface area contributed by atoms with Crippen LogP contribution in [0.3, 0.4) is 0 Å². The Hall–Kier alpha value is -2.08. The van der Waals surface area contributed by atoms with Crippen LogP contribution in [0.4, 0.5) is 5.69 Å². The molecule has 2 aromatic carbocycles. The highest BCUT2D eigenvalue weighted by atomic mass is 35.5. The van der Waals surface area contributed by atoms with E-state index in [-0.39, 0.29) is 18.4 Å². The second-order valence-corrected chi connectivity index (χ2v) is 6.88. The maximum Gasteiger partial charge on any atom is 0.279 e. The van der Waals surface area contributed by atoms with Gasteiger partial charge >= 0.3 is 0 Å². The van der Waals surface area contributed by atoms with Crippen molar-refractivity contribution >= 4 is 40.7 Å². The number of amides is 2. The number of hydrogen-bond acceptors (Lipinski definition) is 2. The summed E-state index contributed by atoms with van der Waals surface area (Å²) in [5.74, 6) is -0.302. The first kappa shape index (κ1) is 20.2. The van der Waals surface area contributed by atoms with E-state index in [1.54, 1.807) is 36.4 Å². The molecular weight excluding hydrogens is 373 g/mol. The molecule has 0 heterocycles. The predicted molar refractivity (Wildman–Crippen MR) is 105 cm³/mol.